The lowest BCUT2D eigenvalue weighted by molar-refractivity contribution is 0.476. The predicted molar refractivity (Wildman–Crippen MR) is 83.9 cm³/mol. The number of phenols is 1. The van der Waals surface area contributed by atoms with Gasteiger partial charge in [0.15, 0.2) is 0 Å². The fraction of sp³-hybridized carbons (Fsp3) is 0.357. The van der Waals surface area contributed by atoms with Gasteiger partial charge in [-0.2, -0.15) is 18.2 Å². The van der Waals surface area contributed by atoms with Gasteiger partial charge in [-0.3, -0.25) is 8.99 Å². The molecule has 0 spiro atoms. The first-order chi connectivity index (χ1) is 10.5. The van der Waals surface area contributed by atoms with E-state index in [-0.39, 0.29) is 11.4 Å². The molecule has 0 amide bonds. The number of aromatic nitrogens is 2. The predicted octanol–water partition coefficient (Wildman–Crippen LogP) is 1.32. The molecule has 2 aromatic rings. The quantitative estimate of drug-likeness (QED) is 0.889. The highest BCUT2D eigenvalue weighted by molar-refractivity contribution is 7.91. The van der Waals surface area contributed by atoms with E-state index in [1.54, 1.807) is 24.4 Å². The molecule has 7 nitrogen and oxygen atoms in total. The van der Waals surface area contributed by atoms with Crippen LogP contribution in [0.15, 0.2) is 30.6 Å². The van der Waals surface area contributed by atoms with Gasteiger partial charge in [0, 0.05) is 31.4 Å². The van der Waals surface area contributed by atoms with Crippen LogP contribution in [0.4, 0.5) is 5.69 Å². The Morgan fingerprint density at radius 2 is 2.18 bits per heavy atom. The Balaban J connectivity index is 1.92. The van der Waals surface area contributed by atoms with E-state index in [2.05, 4.69) is 16.7 Å². The zero-order valence-electron chi connectivity index (χ0n) is 12.2. The summed E-state index contributed by atoms with van der Waals surface area (Å²) in [6.45, 7) is 3.56. The van der Waals surface area contributed by atoms with Gasteiger partial charge in [-0.1, -0.05) is 13.0 Å². The van der Waals surface area contributed by atoms with Gasteiger partial charge in [-0.05, 0) is 24.1 Å². The zero-order valence-corrected chi connectivity index (χ0v) is 13.0. The highest BCUT2D eigenvalue weighted by atomic mass is 32.2. The summed E-state index contributed by atoms with van der Waals surface area (Å²) in [6, 6.07) is 4.97. The fourth-order valence-electron chi connectivity index (χ4n) is 2.50. The van der Waals surface area contributed by atoms with Gasteiger partial charge in [-0.15, -0.1) is 0 Å². The molecule has 1 fully saturated rings. The highest BCUT2D eigenvalue weighted by Gasteiger charge is 2.29. The number of aromatic hydroxyl groups is 1. The number of hydrogen-bond donors (Lipinski definition) is 2. The van der Waals surface area contributed by atoms with E-state index in [9.17, 15) is 13.5 Å². The van der Waals surface area contributed by atoms with E-state index in [0.29, 0.717) is 13.1 Å². The molecule has 8 heteroatoms. The third kappa shape index (κ3) is 2.67. The Kier molecular flexibility index (Phi) is 3.79. The van der Waals surface area contributed by atoms with Crippen LogP contribution in [0.2, 0.25) is 0 Å². The van der Waals surface area contributed by atoms with Gasteiger partial charge in [0.1, 0.15) is 5.75 Å². The normalized spacial score (nSPS) is 17.0. The van der Waals surface area contributed by atoms with Crippen molar-refractivity contribution in [3.05, 3.63) is 30.6 Å². The van der Waals surface area contributed by atoms with Crippen LogP contribution >= 0.6 is 0 Å². The van der Waals surface area contributed by atoms with Gasteiger partial charge in [-0.25, -0.2) is 0 Å². The summed E-state index contributed by atoms with van der Waals surface area (Å²) in [5.74, 6) is -0.0620. The number of benzene rings is 1. The SMILES string of the molecule is CCCn1cc(-c2ccc(N3CCNS3(=O)=O)c(O)c2)cn1. The second kappa shape index (κ2) is 5.62. The number of hydrogen-bond acceptors (Lipinski definition) is 4. The monoisotopic (exact) mass is 322 g/mol. The van der Waals surface area contributed by atoms with E-state index in [1.165, 1.54) is 4.31 Å². The van der Waals surface area contributed by atoms with Crippen molar-refractivity contribution in [3.63, 3.8) is 0 Å². The first-order valence-electron chi connectivity index (χ1n) is 7.14. The van der Waals surface area contributed by atoms with Gasteiger partial charge < -0.3 is 5.11 Å². The van der Waals surface area contributed by atoms with Crippen molar-refractivity contribution in [1.82, 2.24) is 14.5 Å². The van der Waals surface area contributed by atoms with Gasteiger partial charge in [0.2, 0.25) is 0 Å². The molecule has 1 aromatic carbocycles. The molecule has 1 aliphatic heterocycles. The average molecular weight is 322 g/mol. The van der Waals surface area contributed by atoms with Crippen LogP contribution in [0, 0.1) is 0 Å². The van der Waals surface area contributed by atoms with Crippen LogP contribution in [0.25, 0.3) is 11.1 Å². The van der Waals surface area contributed by atoms with E-state index in [4.69, 9.17) is 0 Å². The van der Waals surface area contributed by atoms with Crippen molar-refractivity contribution >= 4 is 15.9 Å². The van der Waals surface area contributed by atoms with Gasteiger partial charge in [0.05, 0.1) is 11.9 Å². The molecule has 0 saturated carbocycles. The molecule has 0 atom stereocenters. The molecule has 0 unspecified atom stereocenters. The minimum absolute atomic E-state index is 0.0620. The fourth-order valence-corrected chi connectivity index (χ4v) is 3.75. The Labute approximate surface area is 129 Å². The van der Waals surface area contributed by atoms with E-state index in [1.807, 2.05) is 10.9 Å². The Hall–Kier alpha value is -2.06. The Morgan fingerprint density at radius 3 is 2.82 bits per heavy atom. The van der Waals surface area contributed by atoms with E-state index >= 15 is 0 Å². The second-order valence-electron chi connectivity index (χ2n) is 5.17. The van der Waals surface area contributed by atoms with Crippen LogP contribution in [0.1, 0.15) is 13.3 Å². The smallest absolute Gasteiger partial charge is 0.301 e. The van der Waals surface area contributed by atoms with Gasteiger partial charge >= 0.3 is 10.2 Å². The van der Waals surface area contributed by atoms with Crippen molar-refractivity contribution in [3.8, 4) is 16.9 Å². The maximum absolute atomic E-state index is 11.8. The maximum atomic E-state index is 11.8. The number of aryl methyl sites for hydroxylation is 1. The van der Waals surface area contributed by atoms with E-state index in [0.717, 1.165) is 24.1 Å². The van der Waals surface area contributed by atoms with Crippen molar-refractivity contribution in [2.24, 2.45) is 0 Å². The van der Waals surface area contributed by atoms with Gasteiger partial charge in [0.25, 0.3) is 0 Å². The summed E-state index contributed by atoms with van der Waals surface area (Å²) in [5, 5.41) is 14.4. The Bertz CT molecular complexity index is 785. The molecule has 1 aromatic heterocycles. The molecule has 1 aliphatic rings. The van der Waals surface area contributed by atoms with Crippen LogP contribution in [0.5, 0.6) is 5.75 Å². The lowest BCUT2D eigenvalue weighted by Crippen LogP contribution is -2.29. The first kappa shape index (κ1) is 14.9. The lowest BCUT2D eigenvalue weighted by atomic mass is 10.1. The number of anilines is 1. The largest absolute Gasteiger partial charge is 0.506 e. The average Bonchev–Trinajstić information content (AvgIpc) is 3.06. The molecule has 22 heavy (non-hydrogen) atoms. The van der Waals surface area contributed by atoms with Crippen LogP contribution in [-0.2, 0) is 16.8 Å². The summed E-state index contributed by atoms with van der Waals surface area (Å²) in [6.07, 6.45) is 4.63. The molecule has 0 bridgehead atoms. The summed E-state index contributed by atoms with van der Waals surface area (Å²) in [7, 11) is -3.54. The summed E-state index contributed by atoms with van der Waals surface area (Å²) in [5.41, 5.74) is 1.97. The Morgan fingerprint density at radius 1 is 1.36 bits per heavy atom. The van der Waals surface area contributed by atoms with Crippen molar-refractivity contribution in [2.45, 2.75) is 19.9 Å². The molecule has 3 rings (SSSR count). The summed E-state index contributed by atoms with van der Waals surface area (Å²) < 4.78 is 29.1. The second-order valence-corrected chi connectivity index (χ2v) is 6.85. The summed E-state index contributed by atoms with van der Waals surface area (Å²) in [4.78, 5) is 0. The lowest BCUT2D eigenvalue weighted by Gasteiger charge is -2.17. The molecule has 0 radical (unpaired) electrons. The van der Waals surface area contributed by atoms with E-state index < -0.39 is 10.2 Å². The van der Waals surface area contributed by atoms with Crippen LogP contribution < -0.4 is 9.03 Å². The minimum Gasteiger partial charge on any atom is -0.506 e. The maximum Gasteiger partial charge on any atom is 0.301 e. The van der Waals surface area contributed by atoms with Crippen molar-refractivity contribution < 1.29 is 13.5 Å². The zero-order chi connectivity index (χ0) is 15.7. The molecular formula is C14H18N4O3S. The third-order valence-electron chi connectivity index (χ3n) is 3.55. The molecule has 1 saturated heterocycles. The van der Waals surface area contributed by atoms with Crippen LogP contribution in [0.3, 0.4) is 0 Å². The standard InChI is InChI=1S/C14H18N4O3S/c1-2-6-17-10-12(9-15-17)11-3-4-13(14(19)8-11)18-7-5-16-22(18,20)21/h3-4,8-10,16,19H,2,5-7H2,1H3. The molecule has 2 heterocycles. The number of nitrogens with zero attached hydrogens (tertiary/aromatic N) is 3. The molecule has 2 N–H and O–H groups in total. The van der Waals surface area contributed by atoms with Crippen LogP contribution in [-0.4, -0.2) is 36.4 Å². The van der Waals surface area contributed by atoms with Crippen molar-refractivity contribution in [1.29, 1.82) is 0 Å². The van der Waals surface area contributed by atoms with Crippen molar-refractivity contribution in [2.75, 3.05) is 17.4 Å². The first-order valence-corrected chi connectivity index (χ1v) is 8.58. The summed E-state index contributed by atoms with van der Waals surface area (Å²) >= 11 is 0. The molecular weight excluding hydrogens is 304 g/mol. The number of phenolic OH excluding ortho intramolecular Hbond substituents is 1. The minimum atomic E-state index is -3.54. The molecule has 0 aliphatic carbocycles. The third-order valence-corrected chi connectivity index (χ3v) is 5.08. The molecule has 118 valence electrons. The number of rotatable bonds is 4. The topological polar surface area (TPSA) is 87.5 Å². The highest BCUT2D eigenvalue weighted by Crippen LogP contribution is 2.34. The number of nitrogens with one attached hydrogen (secondary N) is 1.